The highest BCUT2D eigenvalue weighted by atomic mass is 32.2. The first-order valence-electron chi connectivity index (χ1n) is 2.73. The quantitative estimate of drug-likeness (QED) is 0.543. The van der Waals surface area contributed by atoms with E-state index < -0.39 is 0 Å². The summed E-state index contributed by atoms with van der Waals surface area (Å²) in [6.45, 7) is 9.47. The van der Waals surface area contributed by atoms with Crippen molar-refractivity contribution in [1.82, 2.24) is 0 Å². The van der Waals surface area contributed by atoms with Crippen LogP contribution in [0.3, 0.4) is 0 Å². The first kappa shape index (κ1) is 8.57. The molecule has 50 valence electrons. The summed E-state index contributed by atoms with van der Waals surface area (Å²) >= 11 is 1.64. The van der Waals surface area contributed by atoms with Crippen molar-refractivity contribution in [2.24, 2.45) is 0 Å². The van der Waals surface area contributed by atoms with Crippen molar-refractivity contribution in [3.05, 3.63) is 35.8 Å². The van der Waals surface area contributed by atoms with E-state index in [4.69, 9.17) is 0 Å². The van der Waals surface area contributed by atoms with Crippen LogP contribution in [0.2, 0.25) is 0 Å². The smallest absolute Gasteiger partial charge is 0.000276 e. The maximum atomic E-state index is 3.78. The molecule has 9 heavy (non-hydrogen) atoms. The van der Waals surface area contributed by atoms with Gasteiger partial charge in [-0.25, -0.2) is 0 Å². The fourth-order valence-electron chi connectivity index (χ4n) is 0.303. The van der Waals surface area contributed by atoms with Crippen LogP contribution in [-0.2, 0) is 0 Å². The molecule has 0 spiro atoms. The second-order valence-electron chi connectivity index (χ2n) is 1.85. The van der Waals surface area contributed by atoms with Crippen LogP contribution in [0.25, 0.3) is 0 Å². The van der Waals surface area contributed by atoms with E-state index in [1.807, 2.05) is 25.3 Å². The average molecular weight is 140 g/mol. The van der Waals surface area contributed by atoms with E-state index in [-0.39, 0.29) is 0 Å². The van der Waals surface area contributed by atoms with Gasteiger partial charge in [-0.15, -0.1) is 11.8 Å². The molecule has 0 aromatic carbocycles. The Morgan fingerprint density at radius 1 is 1.33 bits per heavy atom. The predicted octanol–water partition coefficient (Wildman–Crippen LogP) is 3.00. The highest BCUT2D eigenvalue weighted by molar-refractivity contribution is 8.02. The molecular formula is C8H12S. The second-order valence-corrected chi connectivity index (χ2v) is 2.78. The molecule has 0 saturated carbocycles. The molecule has 0 saturated heterocycles. The van der Waals surface area contributed by atoms with E-state index in [9.17, 15) is 0 Å². The summed E-state index contributed by atoms with van der Waals surface area (Å²) in [6, 6.07) is 0. The van der Waals surface area contributed by atoms with Gasteiger partial charge in [-0.05, 0) is 24.2 Å². The van der Waals surface area contributed by atoms with Crippen LogP contribution in [0.1, 0.15) is 6.92 Å². The predicted molar refractivity (Wildman–Crippen MR) is 46.6 cm³/mol. The van der Waals surface area contributed by atoms with Crippen molar-refractivity contribution in [1.29, 1.82) is 0 Å². The topological polar surface area (TPSA) is 0 Å². The molecule has 0 aliphatic heterocycles. The lowest BCUT2D eigenvalue weighted by Gasteiger charge is -1.89. The van der Waals surface area contributed by atoms with Crippen LogP contribution < -0.4 is 0 Å². The third kappa shape index (κ3) is 5.44. The summed E-state index contributed by atoms with van der Waals surface area (Å²) in [6.07, 6.45) is 5.93. The van der Waals surface area contributed by atoms with E-state index in [1.165, 1.54) is 0 Å². The summed E-state index contributed by atoms with van der Waals surface area (Å²) in [5.74, 6) is 0. The van der Waals surface area contributed by atoms with Crippen molar-refractivity contribution < 1.29 is 0 Å². The van der Waals surface area contributed by atoms with Gasteiger partial charge in [-0.3, -0.25) is 0 Å². The Morgan fingerprint density at radius 2 is 1.89 bits per heavy atom. The Balaban J connectivity index is 3.71. The number of allylic oxidation sites excluding steroid dienone is 3. The van der Waals surface area contributed by atoms with Gasteiger partial charge in [0.15, 0.2) is 0 Å². The molecule has 0 radical (unpaired) electrons. The van der Waals surface area contributed by atoms with Crippen molar-refractivity contribution in [2.45, 2.75) is 6.92 Å². The Kier molecular flexibility index (Phi) is 4.24. The summed E-state index contributed by atoms with van der Waals surface area (Å²) in [7, 11) is 0. The number of thioether (sulfide) groups is 1. The highest BCUT2D eigenvalue weighted by Crippen LogP contribution is 2.09. The highest BCUT2D eigenvalue weighted by Gasteiger charge is 1.79. The molecule has 0 aromatic rings. The van der Waals surface area contributed by atoms with E-state index in [2.05, 4.69) is 13.2 Å². The molecule has 0 bridgehead atoms. The van der Waals surface area contributed by atoms with Crippen LogP contribution in [0.15, 0.2) is 35.8 Å². The van der Waals surface area contributed by atoms with E-state index in [0.717, 1.165) is 10.5 Å². The van der Waals surface area contributed by atoms with Gasteiger partial charge in [-0.2, -0.15) is 0 Å². The van der Waals surface area contributed by atoms with Gasteiger partial charge in [-0.1, -0.05) is 24.8 Å². The van der Waals surface area contributed by atoms with E-state index >= 15 is 0 Å². The first-order valence-corrected chi connectivity index (χ1v) is 3.95. The molecule has 0 unspecified atom stereocenters. The van der Waals surface area contributed by atoms with Crippen LogP contribution in [-0.4, -0.2) is 6.26 Å². The largest absolute Gasteiger partial charge is 0.130 e. The zero-order valence-corrected chi connectivity index (χ0v) is 6.79. The van der Waals surface area contributed by atoms with Crippen molar-refractivity contribution in [3.63, 3.8) is 0 Å². The lowest BCUT2D eigenvalue weighted by Crippen LogP contribution is -1.64. The Hall–Kier alpha value is -0.430. The van der Waals surface area contributed by atoms with Gasteiger partial charge < -0.3 is 0 Å². The summed E-state index contributed by atoms with van der Waals surface area (Å²) in [5, 5.41) is 0. The molecule has 0 aromatic heterocycles. The fourth-order valence-corrected chi connectivity index (χ4v) is 0.507. The molecule has 0 aliphatic rings. The van der Waals surface area contributed by atoms with Gasteiger partial charge in [0.05, 0.1) is 0 Å². The summed E-state index contributed by atoms with van der Waals surface area (Å²) < 4.78 is 0. The molecule has 0 N–H and O–H groups in total. The van der Waals surface area contributed by atoms with E-state index in [0.29, 0.717) is 0 Å². The Labute approximate surface area is 61.3 Å². The molecule has 0 aliphatic carbocycles. The molecule has 0 amide bonds. The van der Waals surface area contributed by atoms with Crippen LogP contribution in [0.4, 0.5) is 0 Å². The maximum absolute atomic E-state index is 3.78. The second kappa shape index (κ2) is 4.45. The summed E-state index contributed by atoms with van der Waals surface area (Å²) in [4.78, 5) is 1.07. The monoisotopic (exact) mass is 140 g/mol. The SMILES string of the molecule is C=C(C)C=CC(=C)SC. The molecular weight excluding hydrogens is 128 g/mol. The number of hydrogen-bond acceptors (Lipinski definition) is 1. The lowest BCUT2D eigenvalue weighted by molar-refractivity contribution is 1.56. The maximum Gasteiger partial charge on any atom is -0.000276 e. The van der Waals surface area contributed by atoms with Crippen molar-refractivity contribution in [2.75, 3.05) is 6.26 Å². The van der Waals surface area contributed by atoms with Gasteiger partial charge in [0, 0.05) is 0 Å². The minimum Gasteiger partial charge on any atom is -0.130 e. The van der Waals surface area contributed by atoms with Crippen LogP contribution >= 0.6 is 11.8 Å². The minimum absolute atomic E-state index is 1.06. The van der Waals surface area contributed by atoms with Crippen LogP contribution in [0, 0.1) is 0 Å². The number of rotatable bonds is 3. The normalized spacial score (nSPS) is 10.0. The van der Waals surface area contributed by atoms with Gasteiger partial charge in [0.2, 0.25) is 0 Å². The molecule has 0 rings (SSSR count). The van der Waals surface area contributed by atoms with Gasteiger partial charge in [0.1, 0.15) is 0 Å². The minimum atomic E-state index is 1.06. The molecule has 0 heterocycles. The molecule has 0 atom stereocenters. The zero-order chi connectivity index (χ0) is 7.28. The molecule has 1 heteroatoms. The Morgan fingerprint density at radius 3 is 2.22 bits per heavy atom. The number of hydrogen-bond donors (Lipinski definition) is 0. The third-order valence-electron chi connectivity index (χ3n) is 0.816. The van der Waals surface area contributed by atoms with E-state index in [1.54, 1.807) is 11.8 Å². The summed E-state index contributed by atoms with van der Waals surface area (Å²) in [5.41, 5.74) is 1.06. The fraction of sp³-hybridized carbons (Fsp3) is 0.250. The average Bonchev–Trinajstić information content (AvgIpc) is 1.83. The first-order chi connectivity index (χ1) is 4.16. The van der Waals surface area contributed by atoms with Crippen molar-refractivity contribution in [3.8, 4) is 0 Å². The van der Waals surface area contributed by atoms with Crippen LogP contribution in [0.5, 0.6) is 0 Å². The van der Waals surface area contributed by atoms with Gasteiger partial charge >= 0.3 is 0 Å². The molecule has 0 nitrogen and oxygen atoms in total. The zero-order valence-electron chi connectivity index (χ0n) is 5.98. The lowest BCUT2D eigenvalue weighted by atomic mass is 10.3. The molecule has 0 fully saturated rings. The van der Waals surface area contributed by atoms with Gasteiger partial charge in [0.25, 0.3) is 0 Å². The third-order valence-corrected chi connectivity index (χ3v) is 1.48. The van der Waals surface area contributed by atoms with Crippen molar-refractivity contribution >= 4 is 11.8 Å². The standard InChI is InChI=1S/C8H12S/c1-7(2)5-6-8(3)9-4/h5-6H,1,3H2,2,4H3. The Bertz CT molecular complexity index is 143.